The van der Waals surface area contributed by atoms with Crippen LogP contribution < -0.4 is 5.19 Å². The standard InChI is InChI=1S/C12H18OSi/c1-12(9-5-6-10-13-12)14-11-7-3-2-4-8-11/h2-4,7-8H,5-6,9-10,14H2,1H3. The van der Waals surface area contributed by atoms with E-state index in [4.69, 9.17) is 4.74 Å². The van der Waals surface area contributed by atoms with E-state index in [2.05, 4.69) is 37.3 Å². The predicted molar refractivity (Wildman–Crippen MR) is 62.8 cm³/mol. The van der Waals surface area contributed by atoms with Crippen molar-refractivity contribution in [3.63, 3.8) is 0 Å². The average molecular weight is 206 g/mol. The first-order valence-electron chi connectivity index (χ1n) is 5.46. The molecule has 1 fully saturated rings. The number of ether oxygens (including phenoxy) is 1. The fourth-order valence-electron chi connectivity index (χ4n) is 2.16. The summed E-state index contributed by atoms with van der Waals surface area (Å²) >= 11 is 0. The van der Waals surface area contributed by atoms with Crippen molar-refractivity contribution in [1.82, 2.24) is 0 Å². The predicted octanol–water partition coefficient (Wildman–Crippen LogP) is 1.40. The maximum Gasteiger partial charge on any atom is 0.0922 e. The second kappa shape index (κ2) is 4.28. The van der Waals surface area contributed by atoms with Gasteiger partial charge < -0.3 is 4.74 Å². The Morgan fingerprint density at radius 1 is 1.21 bits per heavy atom. The van der Waals surface area contributed by atoms with E-state index in [9.17, 15) is 0 Å². The van der Waals surface area contributed by atoms with Crippen LogP contribution in [0.15, 0.2) is 30.3 Å². The minimum absolute atomic E-state index is 0.222. The van der Waals surface area contributed by atoms with E-state index in [0.29, 0.717) is 0 Å². The molecule has 2 heteroatoms. The Balaban J connectivity index is 2.02. The maximum atomic E-state index is 5.93. The van der Waals surface area contributed by atoms with Gasteiger partial charge in [-0.15, -0.1) is 0 Å². The molecule has 1 aromatic rings. The number of rotatable bonds is 2. The summed E-state index contributed by atoms with van der Waals surface area (Å²) in [5.41, 5.74) is 0. The van der Waals surface area contributed by atoms with Gasteiger partial charge in [0.25, 0.3) is 0 Å². The highest BCUT2D eigenvalue weighted by molar-refractivity contribution is 6.56. The normalized spacial score (nSPS) is 28.4. The fourth-order valence-corrected chi connectivity index (χ4v) is 4.20. The molecule has 76 valence electrons. The summed E-state index contributed by atoms with van der Waals surface area (Å²) in [4.78, 5) is 0. The third-order valence-corrected chi connectivity index (χ3v) is 5.16. The quantitative estimate of drug-likeness (QED) is 0.665. The number of hydrogen-bond donors (Lipinski definition) is 0. The summed E-state index contributed by atoms with van der Waals surface area (Å²) in [5.74, 6) is 0. The van der Waals surface area contributed by atoms with E-state index in [1.165, 1.54) is 24.4 Å². The molecule has 14 heavy (non-hydrogen) atoms. The van der Waals surface area contributed by atoms with Gasteiger partial charge in [0.2, 0.25) is 0 Å². The molecule has 1 saturated heterocycles. The number of hydrogen-bond acceptors (Lipinski definition) is 1. The van der Waals surface area contributed by atoms with E-state index in [1.807, 2.05) is 0 Å². The van der Waals surface area contributed by atoms with Crippen molar-refractivity contribution in [2.24, 2.45) is 0 Å². The zero-order valence-corrected chi connectivity index (χ0v) is 10.2. The third kappa shape index (κ3) is 2.46. The fraction of sp³-hybridized carbons (Fsp3) is 0.500. The van der Waals surface area contributed by atoms with Gasteiger partial charge in [0.05, 0.1) is 14.7 Å². The van der Waals surface area contributed by atoms with Crippen LogP contribution in [0.25, 0.3) is 0 Å². The van der Waals surface area contributed by atoms with Crippen molar-refractivity contribution in [3.8, 4) is 0 Å². The van der Waals surface area contributed by atoms with Gasteiger partial charge in [0.1, 0.15) is 0 Å². The molecule has 1 unspecified atom stereocenters. The van der Waals surface area contributed by atoms with E-state index in [0.717, 1.165) is 6.61 Å². The van der Waals surface area contributed by atoms with Crippen LogP contribution in [0.1, 0.15) is 26.2 Å². The van der Waals surface area contributed by atoms with Crippen molar-refractivity contribution < 1.29 is 4.74 Å². The van der Waals surface area contributed by atoms with Gasteiger partial charge in [-0.2, -0.15) is 0 Å². The lowest BCUT2D eigenvalue weighted by atomic mass is 10.1. The second-order valence-electron chi connectivity index (χ2n) is 4.42. The van der Waals surface area contributed by atoms with Crippen LogP contribution in [0.5, 0.6) is 0 Å². The molecule has 1 aliphatic heterocycles. The molecule has 1 heterocycles. The highest BCUT2D eigenvalue weighted by Crippen LogP contribution is 2.22. The van der Waals surface area contributed by atoms with Crippen molar-refractivity contribution in [2.75, 3.05) is 6.61 Å². The molecule has 1 aromatic carbocycles. The molecule has 0 amide bonds. The van der Waals surface area contributed by atoms with Crippen LogP contribution in [-0.4, -0.2) is 21.4 Å². The molecule has 0 aromatic heterocycles. The molecule has 2 rings (SSSR count). The van der Waals surface area contributed by atoms with Crippen molar-refractivity contribution in [1.29, 1.82) is 0 Å². The van der Waals surface area contributed by atoms with Gasteiger partial charge in [0, 0.05) is 6.61 Å². The first-order valence-corrected chi connectivity index (χ1v) is 6.88. The van der Waals surface area contributed by atoms with Gasteiger partial charge in [-0.25, -0.2) is 0 Å². The van der Waals surface area contributed by atoms with Crippen molar-refractivity contribution >= 4 is 14.7 Å². The summed E-state index contributed by atoms with van der Waals surface area (Å²) in [6, 6.07) is 10.8. The second-order valence-corrected chi connectivity index (χ2v) is 7.08. The van der Waals surface area contributed by atoms with E-state index >= 15 is 0 Å². The van der Waals surface area contributed by atoms with Gasteiger partial charge in [-0.1, -0.05) is 35.5 Å². The van der Waals surface area contributed by atoms with Crippen molar-refractivity contribution in [3.05, 3.63) is 30.3 Å². The monoisotopic (exact) mass is 206 g/mol. The molecule has 0 radical (unpaired) electrons. The molecular formula is C12H18OSi. The molecule has 1 nitrogen and oxygen atoms in total. The SMILES string of the molecule is CC1([SiH2]c2ccccc2)CCCCO1. The summed E-state index contributed by atoms with van der Waals surface area (Å²) in [5, 5.41) is 1.75. The zero-order chi connectivity index (χ0) is 9.86. The molecule has 1 aliphatic rings. The van der Waals surface area contributed by atoms with Crippen LogP contribution in [0.4, 0.5) is 0 Å². The van der Waals surface area contributed by atoms with Crippen LogP contribution in [0.2, 0.25) is 0 Å². The Hall–Kier alpha value is -0.603. The Morgan fingerprint density at radius 2 is 2.00 bits per heavy atom. The van der Waals surface area contributed by atoms with Gasteiger partial charge in [-0.05, 0) is 26.2 Å². The zero-order valence-electron chi connectivity index (χ0n) is 8.83. The van der Waals surface area contributed by atoms with E-state index < -0.39 is 0 Å². The lowest BCUT2D eigenvalue weighted by Gasteiger charge is -2.33. The maximum absolute atomic E-state index is 5.93. The Kier molecular flexibility index (Phi) is 3.04. The smallest absolute Gasteiger partial charge is 0.0922 e. The molecular weight excluding hydrogens is 188 g/mol. The molecule has 0 aliphatic carbocycles. The van der Waals surface area contributed by atoms with Crippen LogP contribution in [-0.2, 0) is 4.74 Å². The lowest BCUT2D eigenvalue weighted by Crippen LogP contribution is -2.44. The Bertz CT molecular complexity index is 278. The summed E-state index contributed by atoms with van der Waals surface area (Å²) in [6.45, 7) is 3.27. The highest BCUT2D eigenvalue weighted by Gasteiger charge is 2.28. The minimum atomic E-state index is -0.276. The summed E-state index contributed by atoms with van der Waals surface area (Å²) in [7, 11) is -0.276. The Morgan fingerprint density at radius 3 is 2.64 bits per heavy atom. The molecule has 0 spiro atoms. The van der Waals surface area contributed by atoms with Gasteiger partial charge in [-0.3, -0.25) is 0 Å². The molecule has 1 atom stereocenters. The topological polar surface area (TPSA) is 9.23 Å². The molecule has 0 bridgehead atoms. The van der Waals surface area contributed by atoms with Crippen LogP contribution in [0.3, 0.4) is 0 Å². The first kappa shape index (κ1) is 9.93. The molecule has 0 saturated carbocycles. The number of benzene rings is 1. The highest BCUT2D eigenvalue weighted by atomic mass is 28.2. The average Bonchev–Trinajstić information content (AvgIpc) is 2.19. The van der Waals surface area contributed by atoms with Crippen molar-refractivity contribution in [2.45, 2.75) is 31.4 Å². The van der Waals surface area contributed by atoms with E-state index in [-0.39, 0.29) is 14.7 Å². The first-order chi connectivity index (χ1) is 6.79. The third-order valence-electron chi connectivity index (χ3n) is 2.97. The molecule has 0 N–H and O–H groups in total. The van der Waals surface area contributed by atoms with Crippen LogP contribution >= 0.6 is 0 Å². The van der Waals surface area contributed by atoms with Gasteiger partial charge in [0.15, 0.2) is 0 Å². The van der Waals surface area contributed by atoms with Crippen LogP contribution in [0, 0.1) is 0 Å². The lowest BCUT2D eigenvalue weighted by molar-refractivity contribution is -0.00611. The van der Waals surface area contributed by atoms with E-state index in [1.54, 1.807) is 0 Å². The Labute approximate surface area is 88.3 Å². The van der Waals surface area contributed by atoms with Gasteiger partial charge >= 0.3 is 0 Å². The summed E-state index contributed by atoms with van der Waals surface area (Å²) in [6.07, 6.45) is 3.85. The minimum Gasteiger partial charge on any atom is -0.379 e. The largest absolute Gasteiger partial charge is 0.379 e. The summed E-state index contributed by atoms with van der Waals surface area (Å²) < 4.78 is 5.93.